The second-order valence-corrected chi connectivity index (χ2v) is 10.5. The Balaban J connectivity index is 1.81. The van der Waals surface area contributed by atoms with Crippen molar-refractivity contribution in [3.05, 3.63) is 80.2 Å². The summed E-state index contributed by atoms with van der Waals surface area (Å²) >= 11 is 12.7. The first-order valence-corrected chi connectivity index (χ1v) is 13.2. The first-order chi connectivity index (χ1) is 19.3. The Labute approximate surface area is 243 Å². The molecule has 0 saturated carbocycles. The lowest BCUT2D eigenvalue weighted by Gasteiger charge is -2.28. The lowest BCUT2D eigenvalue weighted by Crippen LogP contribution is -2.36. The highest BCUT2D eigenvalue weighted by Crippen LogP contribution is 2.44. The lowest BCUT2D eigenvalue weighted by molar-refractivity contribution is -0.181. The number of aromatic nitrogens is 1. The van der Waals surface area contributed by atoms with Gasteiger partial charge in [0.05, 0.1) is 28.3 Å². The fourth-order valence-corrected chi connectivity index (χ4v) is 5.00. The van der Waals surface area contributed by atoms with Crippen LogP contribution in [0, 0.1) is 5.92 Å². The van der Waals surface area contributed by atoms with Crippen molar-refractivity contribution < 1.29 is 32.2 Å². The molecule has 1 unspecified atom stereocenters. The van der Waals surface area contributed by atoms with Crippen molar-refractivity contribution >= 4 is 40.7 Å². The van der Waals surface area contributed by atoms with Gasteiger partial charge < -0.3 is 20.5 Å². The molecule has 3 atom stereocenters. The Morgan fingerprint density at radius 2 is 1.88 bits per heavy atom. The van der Waals surface area contributed by atoms with Crippen LogP contribution in [-0.4, -0.2) is 42.4 Å². The summed E-state index contributed by atoms with van der Waals surface area (Å²) in [5.41, 5.74) is 5.77. The maximum Gasteiger partial charge on any atom is 0.395 e. The Hall–Kier alpha value is -3.54. The number of methoxy groups -OCH3 is 1. The molecule has 2 amide bonds. The fraction of sp³-hybridized carbons (Fsp3) is 0.321. The number of anilines is 1. The number of nitrogens with one attached hydrogen (secondary N) is 1. The van der Waals surface area contributed by atoms with Crippen LogP contribution in [0.15, 0.2) is 53.5 Å². The molecule has 1 aliphatic rings. The SMILES string of the molecule is CO[C@@H](C)CC(C(=O)Nc1ccc(C(N)=O)cc1)n1cc2c(cc1=O)-c1c(ccc(Cl)c1Cl)C[C@@H](C(F)(F)F)CO2. The number of benzene rings is 2. The quantitative estimate of drug-likeness (QED) is 0.359. The van der Waals surface area contributed by atoms with Crippen LogP contribution in [0.25, 0.3) is 11.1 Å². The zero-order valence-corrected chi connectivity index (χ0v) is 23.4. The first-order valence-electron chi connectivity index (χ1n) is 12.5. The van der Waals surface area contributed by atoms with Gasteiger partial charge in [-0.2, -0.15) is 13.2 Å². The normalized spacial score (nSPS) is 16.3. The Kier molecular flexibility index (Phi) is 9.00. The number of nitrogens with zero attached hydrogens (tertiary/aromatic N) is 1. The van der Waals surface area contributed by atoms with Gasteiger partial charge in [-0.05, 0) is 49.2 Å². The van der Waals surface area contributed by atoms with Crippen LogP contribution in [0.1, 0.15) is 35.3 Å². The Bertz CT molecular complexity index is 1530. The first kappa shape index (κ1) is 30.4. The summed E-state index contributed by atoms with van der Waals surface area (Å²) in [4.78, 5) is 38.3. The van der Waals surface area contributed by atoms with Crippen molar-refractivity contribution in [2.24, 2.45) is 11.7 Å². The molecular weight excluding hydrogens is 586 g/mol. The van der Waals surface area contributed by atoms with E-state index in [2.05, 4.69) is 5.32 Å². The molecule has 8 nitrogen and oxygen atoms in total. The zero-order chi connectivity index (χ0) is 30.1. The number of halogens is 5. The smallest absolute Gasteiger partial charge is 0.395 e. The number of rotatable bonds is 7. The minimum atomic E-state index is -4.57. The third-order valence-corrected chi connectivity index (χ3v) is 7.70. The van der Waals surface area contributed by atoms with E-state index in [4.69, 9.17) is 38.4 Å². The van der Waals surface area contributed by atoms with E-state index in [0.29, 0.717) is 5.69 Å². The molecule has 0 fully saturated rings. The number of carbonyl (C=O) groups excluding carboxylic acids is 2. The third-order valence-electron chi connectivity index (χ3n) is 6.90. The van der Waals surface area contributed by atoms with E-state index in [0.717, 1.165) is 4.57 Å². The predicted molar refractivity (Wildman–Crippen MR) is 149 cm³/mol. The number of fused-ring (bicyclic) bond motifs is 3. The Morgan fingerprint density at radius 3 is 2.49 bits per heavy atom. The van der Waals surface area contributed by atoms with E-state index in [-0.39, 0.29) is 44.5 Å². The van der Waals surface area contributed by atoms with Gasteiger partial charge in [-0.15, -0.1) is 0 Å². The molecule has 4 rings (SSSR count). The van der Waals surface area contributed by atoms with Gasteiger partial charge >= 0.3 is 6.18 Å². The van der Waals surface area contributed by atoms with Gasteiger partial charge in [-0.3, -0.25) is 19.0 Å². The van der Waals surface area contributed by atoms with Crippen molar-refractivity contribution in [2.45, 2.75) is 38.1 Å². The molecule has 1 aliphatic heterocycles. The summed E-state index contributed by atoms with van der Waals surface area (Å²) in [6.07, 6.45) is -4.24. The van der Waals surface area contributed by atoms with Crippen molar-refractivity contribution in [1.29, 1.82) is 0 Å². The van der Waals surface area contributed by atoms with Crippen LogP contribution in [0.2, 0.25) is 10.0 Å². The van der Waals surface area contributed by atoms with Gasteiger partial charge in [0.15, 0.2) is 0 Å². The van der Waals surface area contributed by atoms with Gasteiger partial charge in [0.25, 0.3) is 5.56 Å². The van der Waals surface area contributed by atoms with E-state index >= 15 is 0 Å². The van der Waals surface area contributed by atoms with Crippen LogP contribution >= 0.6 is 23.2 Å². The number of alkyl halides is 3. The maximum atomic E-state index is 13.9. The van der Waals surface area contributed by atoms with Crippen LogP contribution < -0.4 is 21.3 Å². The van der Waals surface area contributed by atoms with Crippen LogP contribution in [0.4, 0.5) is 18.9 Å². The minimum Gasteiger partial charge on any atom is -0.491 e. The van der Waals surface area contributed by atoms with E-state index < -0.39 is 54.6 Å². The molecule has 3 N–H and O–H groups in total. The molecule has 0 radical (unpaired) electrons. The second-order valence-electron chi connectivity index (χ2n) is 9.67. The number of ether oxygens (including phenoxy) is 2. The van der Waals surface area contributed by atoms with E-state index in [1.807, 2.05) is 0 Å². The van der Waals surface area contributed by atoms with Crippen LogP contribution in [0.5, 0.6) is 5.75 Å². The molecule has 2 aromatic carbocycles. The number of carbonyl (C=O) groups is 2. The van der Waals surface area contributed by atoms with Crippen LogP contribution in [-0.2, 0) is 16.0 Å². The molecule has 13 heteroatoms. The molecule has 41 heavy (non-hydrogen) atoms. The molecule has 1 aromatic heterocycles. The molecule has 3 aromatic rings. The lowest BCUT2D eigenvalue weighted by atomic mass is 9.90. The van der Waals surface area contributed by atoms with Crippen molar-refractivity contribution in [3.8, 4) is 16.9 Å². The summed E-state index contributed by atoms with van der Waals surface area (Å²) in [5.74, 6) is -3.18. The van der Waals surface area contributed by atoms with Crippen LogP contribution in [0.3, 0.4) is 0 Å². The van der Waals surface area contributed by atoms with Gasteiger partial charge in [-0.25, -0.2) is 0 Å². The van der Waals surface area contributed by atoms with E-state index in [9.17, 15) is 27.6 Å². The summed E-state index contributed by atoms with van der Waals surface area (Å²) in [5, 5.41) is 2.77. The summed E-state index contributed by atoms with van der Waals surface area (Å²) in [6.45, 7) is 0.981. The number of primary amides is 1. The number of hydrogen-bond donors (Lipinski definition) is 2. The average molecular weight is 612 g/mol. The molecule has 0 aliphatic carbocycles. The van der Waals surface area contributed by atoms with Gasteiger partial charge in [0.1, 0.15) is 18.4 Å². The third kappa shape index (κ3) is 6.69. The van der Waals surface area contributed by atoms with E-state index in [1.165, 1.54) is 55.8 Å². The topological polar surface area (TPSA) is 113 Å². The second kappa shape index (κ2) is 12.1. The molecule has 218 valence electrons. The highest BCUT2D eigenvalue weighted by Gasteiger charge is 2.42. The molecule has 0 saturated heterocycles. The van der Waals surface area contributed by atoms with Gasteiger partial charge in [0, 0.05) is 42.0 Å². The molecule has 0 spiro atoms. The highest BCUT2D eigenvalue weighted by molar-refractivity contribution is 6.44. The summed E-state index contributed by atoms with van der Waals surface area (Å²) in [7, 11) is 1.44. The minimum absolute atomic E-state index is 0.0179. The van der Waals surface area contributed by atoms with Crippen molar-refractivity contribution in [3.63, 3.8) is 0 Å². The number of amides is 2. The highest BCUT2D eigenvalue weighted by atomic mass is 35.5. The summed E-state index contributed by atoms with van der Waals surface area (Å²) in [6, 6.07) is 8.68. The monoisotopic (exact) mass is 611 g/mol. The maximum absolute atomic E-state index is 13.9. The molecule has 2 heterocycles. The number of pyridine rings is 1. The standard InChI is InChI=1S/C28H26Cl2F3N3O5/c1-14(40-2)9-21(27(39)35-18-6-3-15(4-7-18)26(34)38)36-12-22-19(11-23(36)37)24-16(5-8-20(29)25(24)30)10-17(13-41-22)28(31,32)33/h3-8,11-12,14,17,21H,9-10,13H2,1-2H3,(H2,34,38)(H,35,39)/t14-,17+,21?/m0/s1. The average Bonchev–Trinajstić information content (AvgIpc) is 2.90. The van der Waals surface area contributed by atoms with Crippen molar-refractivity contribution in [1.82, 2.24) is 4.57 Å². The number of hydrogen-bond acceptors (Lipinski definition) is 5. The largest absolute Gasteiger partial charge is 0.491 e. The van der Waals surface area contributed by atoms with Crippen molar-refractivity contribution in [2.75, 3.05) is 19.0 Å². The summed E-state index contributed by atoms with van der Waals surface area (Å²) < 4.78 is 53.6. The Morgan fingerprint density at radius 1 is 1.20 bits per heavy atom. The molecular formula is C28H26Cl2F3N3O5. The zero-order valence-electron chi connectivity index (χ0n) is 21.9. The predicted octanol–water partition coefficient (Wildman–Crippen LogP) is 5.64. The molecule has 0 bridgehead atoms. The van der Waals surface area contributed by atoms with E-state index in [1.54, 1.807) is 6.92 Å². The number of nitrogens with two attached hydrogens (primary N) is 1. The van der Waals surface area contributed by atoms with Gasteiger partial charge in [-0.1, -0.05) is 29.3 Å². The van der Waals surface area contributed by atoms with Gasteiger partial charge in [0.2, 0.25) is 11.8 Å². The fourth-order valence-electron chi connectivity index (χ4n) is 4.56.